The summed E-state index contributed by atoms with van der Waals surface area (Å²) in [6.45, 7) is 1.81. The molecule has 4 nitrogen and oxygen atoms in total. The molecule has 184 valence electrons. The first-order chi connectivity index (χ1) is 17.3. The van der Waals surface area contributed by atoms with Gasteiger partial charge in [-0.05, 0) is 42.1 Å². The topological polar surface area (TPSA) is 24.9 Å². The smallest absolute Gasteiger partial charge is 0.162 e. The van der Waals surface area contributed by atoms with Gasteiger partial charge in [0.2, 0.25) is 0 Å². The third-order valence-electron chi connectivity index (χ3n) is 6.47. The van der Waals surface area contributed by atoms with Crippen LogP contribution < -0.4 is 19.3 Å². The second-order valence-corrected chi connectivity index (χ2v) is 8.97. The van der Waals surface area contributed by atoms with Crippen molar-refractivity contribution in [3.05, 3.63) is 94.3 Å². The highest BCUT2D eigenvalue weighted by molar-refractivity contribution is 5.92. The number of nitrogens with zero attached hydrogens (tertiary/aromatic N) is 2. The van der Waals surface area contributed by atoms with Crippen molar-refractivity contribution in [3.8, 4) is 11.5 Å². The van der Waals surface area contributed by atoms with E-state index >= 15 is 0 Å². The molecule has 0 amide bonds. The molecule has 0 saturated heterocycles. The molecule has 0 bridgehead atoms. The zero-order chi connectivity index (χ0) is 25.1. The van der Waals surface area contributed by atoms with E-state index in [1.165, 1.54) is 21.9 Å². The van der Waals surface area contributed by atoms with Crippen molar-refractivity contribution in [1.29, 1.82) is 0 Å². The number of fused-ring (bicyclic) bond motifs is 4. The number of rotatable bonds is 2. The summed E-state index contributed by atoms with van der Waals surface area (Å²) < 4.78 is 82.9. The van der Waals surface area contributed by atoms with Crippen LogP contribution in [0.3, 0.4) is 0 Å². The van der Waals surface area contributed by atoms with Gasteiger partial charge in [0.1, 0.15) is 40.3 Å². The van der Waals surface area contributed by atoms with Crippen molar-refractivity contribution in [3.63, 3.8) is 0 Å². The van der Waals surface area contributed by atoms with Gasteiger partial charge < -0.3 is 19.3 Å². The third kappa shape index (κ3) is 3.66. The van der Waals surface area contributed by atoms with Gasteiger partial charge in [0.05, 0.1) is 13.1 Å². The Bertz CT molecular complexity index is 1490. The van der Waals surface area contributed by atoms with Crippen molar-refractivity contribution < 1.29 is 31.4 Å². The molecule has 0 aliphatic carbocycles. The Hall–Kier alpha value is -4.01. The first kappa shape index (κ1) is 22.5. The van der Waals surface area contributed by atoms with Crippen LogP contribution in [0.1, 0.15) is 16.7 Å². The Kier molecular flexibility index (Phi) is 5.17. The molecular formula is C27H19F5N2O2. The van der Waals surface area contributed by atoms with E-state index in [0.29, 0.717) is 34.8 Å². The minimum atomic E-state index is -1.02. The Balaban J connectivity index is 1.35. The SMILES string of the molecule is Cc1cc(F)c(N2COc3c(ccc4cc5c(cc34)CN(c3c(F)cc(F)cc3F)CO5)C2)c(F)c1. The van der Waals surface area contributed by atoms with Gasteiger partial charge in [0.15, 0.2) is 25.1 Å². The van der Waals surface area contributed by atoms with Crippen LogP contribution in [0.25, 0.3) is 10.8 Å². The lowest BCUT2D eigenvalue weighted by Gasteiger charge is -2.33. The highest BCUT2D eigenvalue weighted by atomic mass is 19.2. The fraction of sp³-hybridized carbons (Fsp3) is 0.185. The molecular weight excluding hydrogens is 479 g/mol. The maximum atomic E-state index is 14.5. The molecule has 4 aromatic carbocycles. The van der Waals surface area contributed by atoms with Gasteiger partial charge in [-0.25, -0.2) is 22.0 Å². The highest BCUT2D eigenvalue weighted by Crippen LogP contribution is 2.41. The van der Waals surface area contributed by atoms with Crippen molar-refractivity contribution in [1.82, 2.24) is 0 Å². The minimum Gasteiger partial charge on any atom is -0.473 e. The molecule has 0 radical (unpaired) electrons. The summed E-state index contributed by atoms with van der Waals surface area (Å²) in [7, 11) is 0. The van der Waals surface area contributed by atoms with E-state index in [2.05, 4.69) is 0 Å². The lowest BCUT2D eigenvalue weighted by molar-refractivity contribution is 0.285. The average molecular weight is 498 g/mol. The number of hydrogen-bond donors (Lipinski definition) is 0. The van der Waals surface area contributed by atoms with Gasteiger partial charge >= 0.3 is 0 Å². The standard InChI is InChI=1S/C27H19F5N2O2/c1-14-4-20(29)25(21(30)5-14)33-10-16-3-2-15-7-24-17(6-19(15)27(16)36-13-33)11-34(12-35-24)26-22(31)8-18(28)9-23(26)32/h2-9H,10-13H2,1H3. The molecule has 4 aromatic rings. The maximum Gasteiger partial charge on any atom is 0.162 e. The van der Waals surface area contributed by atoms with E-state index in [0.717, 1.165) is 16.3 Å². The molecule has 0 spiro atoms. The number of ether oxygens (including phenoxy) is 2. The molecule has 2 aliphatic heterocycles. The van der Waals surface area contributed by atoms with Crippen LogP contribution in [0.5, 0.6) is 11.5 Å². The van der Waals surface area contributed by atoms with Gasteiger partial charge in [-0.1, -0.05) is 12.1 Å². The summed E-state index contributed by atoms with van der Waals surface area (Å²) in [6.07, 6.45) is 0. The van der Waals surface area contributed by atoms with E-state index < -0.39 is 29.1 Å². The molecule has 0 aromatic heterocycles. The normalized spacial score (nSPS) is 14.8. The fourth-order valence-electron chi connectivity index (χ4n) is 4.88. The lowest BCUT2D eigenvalue weighted by Crippen LogP contribution is -2.34. The Morgan fingerprint density at radius 1 is 0.667 bits per heavy atom. The monoisotopic (exact) mass is 498 g/mol. The van der Waals surface area contributed by atoms with Gasteiger partial charge in [-0.15, -0.1) is 0 Å². The number of aryl methyl sites for hydroxylation is 1. The van der Waals surface area contributed by atoms with Crippen LogP contribution in [0.15, 0.2) is 48.5 Å². The number of anilines is 2. The molecule has 0 saturated carbocycles. The molecule has 0 fully saturated rings. The summed E-state index contributed by atoms with van der Waals surface area (Å²) in [4.78, 5) is 2.83. The van der Waals surface area contributed by atoms with Gasteiger partial charge in [0.25, 0.3) is 0 Å². The van der Waals surface area contributed by atoms with Crippen LogP contribution in [-0.2, 0) is 13.1 Å². The summed E-state index contributed by atoms with van der Waals surface area (Å²) in [5.41, 5.74) is 1.36. The number of hydrogen-bond acceptors (Lipinski definition) is 4. The van der Waals surface area contributed by atoms with E-state index in [4.69, 9.17) is 9.47 Å². The zero-order valence-electron chi connectivity index (χ0n) is 19.0. The summed E-state index contributed by atoms with van der Waals surface area (Å²) >= 11 is 0. The van der Waals surface area contributed by atoms with E-state index in [-0.39, 0.29) is 37.9 Å². The quantitative estimate of drug-likeness (QED) is 0.293. The number of benzene rings is 4. The van der Waals surface area contributed by atoms with Crippen molar-refractivity contribution >= 4 is 22.1 Å². The third-order valence-corrected chi connectivity index (χ3v) is 6.47. The Morgan fingerprint density at radius 3 is 1.92 bits per heavy atom. The summed E-state index contributed by atoms with van der Waals surface area (Å²) in [5, 5.41) is 1.56. The molecule has 0 N–H and O–H groups in total. The first-order valence-electron chi connectivity index (χ1n) is 11.2. The first-order valence-corrected chi connectivity index (χ1v) is 11.2. The van der Waals surface area contributed by atoms with E-state index in [9.17, 15) is 22.0 Å². The molecule has 9 heteroatoms. The van der Waals surface area contributed by atoms with Gasteiger partial charge in [-0.3, -0.25) is 0 Å². The highest BCUT2D eigenvalue weighted by Gasteiger charge is 2.28. The molecule has 2 aliphatic rings. The van der Waals surface area contributed by atoms with Gasteiger partial charge in [0, 0.05) is 28.6 Å². The van der Waals surface area contributed by atoms with Gasteiger partial charge in [-0.2, -0.15) is 0 Å². The van der Waals surface area contributed by atoms with Crippen molar-refractivity contribution in [2.24, 2.45) is 0 Å². The predicted octanol–water partition coefficient (Wildman–Crippen LogP) is 6.56. The van der Waals surface area contributed by atoms with Crippen LogP contribution >= 0.6 is 0 Å². The second-order valence-electron chi connectivity index (χ2n) is 8.97. The largest absolute Gasteiger partial charge is 0.473 e. The maximum absolute atomic E-state index is 14.5. The van der Waals surface area contributed by atoms with Crippen molar-refractivity contribution in [2.75, 3.05) is 23.3 Å². The Labute approximate surface area is 203 Å². The van der Waals surface area contributed by atoms with Crippen LogP contribution in [0.2, 0.25) is 0 Å². The second kappa shape index (κ2) is 8.29. The minimum absolute atomic E-state index is 0.0608. The molecule has 0 atom stereocenters. The van der Waals surface area contributed by atoms with Crippen LogP contribution in [-0.4, -0.2) is 13.5 Å². The zero-order valence-corrected chi connectivity index (χ0v) is 19.0. The van der Waals surface area contributed by atoms with Crippen LogP contribution in [0.4, 0.5) is 33.3 Å². The predicted molar refractivity (Wildman–Crippen MR) is 125 cm³/mol. The molecule has 6 rings (SSSR count). The molecule has 2 heterocycles. The summed E-state index contributed by atoms with van der Waals surface area (Å²) in [5.74, 6) is -3.23. The number of halogens is 5. The average Bonchev–Trinajstić information content (AvgIpc) is 2.81. The summed E-state index contributed by atoms with van der Waals surface area (Å²) in [6, 6.07) is 11.1. The molecule has 0 unspecified atom stereocenters. The fourth-order valence-corrected chi connectivity index (χ4v) is 4.88. The Morgan fingerprint density at radius 2 is 1.25 bits per heavy atom. The lowest BCUT2D eigenvalue weighted by atomic mass is 9.99. The molecule has 36 heavy (non-hydrogen) atoms. The van der Waals surface area contributed by atoms with Crippen LogP contribution in [0, 0.1) is 36.0 Å². The van der Waals surface area contributed by atoms with E-state index in [1.54, 1.807) is 6.92 Å². The van der Waals surface area contributed by atoms with Crippen molar-refractivity contribution in [2.45, 2.75) is 20.0 Å². The van der Waals surface area contributed by atoms with E-state index in [1.807, 2.05) is 24.3 Å².